The van der Waals surface area contributed by atoms with Gasteiger partial charge in [-0.15, -0.1) is 11.3 Å². The molecule has 1 atom stereocenters. The van der Waals surface area contributed by atoms with E-state index in [1.807, 2.05) is 0 Å². The minimum atomic E-state index is -0.789. The summed E-state index contributed by atoms with van der Waals surface area (Å²) in [7, 11) is 0. The van der Waals surface area contributed by atoms with Crippen LogP contribution in [0.3, 0.4) is 0 Å². The summed E-state index contributed by atoms with van der Waals surface area (Å²) in [6, 6.07) is 4.10. The number of Topliss-reactive ketones (excluding diaryl/α,β-unsaturated/α-hetero) is 1. The SMILES string of the molecule is CC(NC(=O)OC(C)(C)C)C(=O)Cc1cccc(Cl)c1C(=O)Nc1cscn1. The number of thiazole rings is 1. The maximum Gasteiger partial charge on any atom is 0.408 e. The van der Waals surface area contributed by atoms with E-state index in [0.717, 1.165) is 0 Å². The molecule has 150 valence electrons. The molecule has 0 aliphatic carbocycles. The molecule has 2 aromatic rings. The van der Waals surface area contributed by atoms with Gasteiger partial charge in [-0.1, -0.05) is 23.7 Å². The quantitative estimate of drug-likeness (QED) is 0.729. The number of aromatic nitrogens is 1. The molecule has 1 aromatic heterocycles. The molecule has 1 heterocycles. The predicted octanol–water partition coefficient (Wildman–Crippen LogP) is 4.07. The van der Waals surface area contributed by atoms with E-state index in [1.165, 1.54) is 11.3 Å². The Bertz CT molecular complexity index is 863. The predicted molar refractivity (Wildman–Crippen MR) is 109 cm³/mol. The monoisotopic (exact) mass is 423 g/mol. The topological polar surface area (TPSA) is 97.4 Å². The van der Waals surface area contributed by atoms with Crippen molar-refractivity contribution in [2.24, 2.45) is 0 Å². The van der Waals surface area contributed by atoms with Gasteiger partial charge in [-0.25, -0.2) is 9.78 Å². The summed E-state index contributed by atoms with van der Waals surface area (Å²) in [5.41, 5.74) is 1.59. The Morgan fingerprint density at radius 2 is 2.00 bits per heavy atom. The molecule has 0 fully saturated rings. The normalized spacial score (nSPS) is 12.2. The molecule has 1 aromatic carbocycles. The molecule has 2 rings (SSSR count). The number of halogens is 1. The first kappa shape index (κ1) is 21.8. The van der Waals surface area contributed by atoms with Crippen LogP contribution in [0.4, 0.5) is 10.6 Å². The number of carbonyl (C=O) groups is 3. The second kappa shape index (κ2) is 9.16. The number of nitrogens with zero attached hydrogens (tertiary/aromatic N) is 1. The van der Waals surface area contributed by atoms with Crippen molar-refractivity contribution in [2.75, 3.05) is 5.32 Å². The van der Waals surface area contributed by atoms with Crippen molar-refractivity contribution < 1.29 is 19.1 Å². The number of nitrogens with one attached hydrogen (secondary N) is 2. The molecule has 0 radical (unpaired) electrons. The summed E-state index contributed by atoms with van der Waals surface area (Å²) < 4.78 is 5.16. The van der Waals surface area contributed by atoms with Crippen LogP contribution in [0.5, 0.6) is 0 Å². The number of hydrogen-bond donors (Lipinski definition) is 2. The van der Waals surface area contributed by atoms with Gasteiger partial charge in [0.15, 0.2) is 5.78 Å². The Morgan fingerprint density at radius 1 is 1.29 bits per heavy atom. The van der Waals surface area contributed by atoms with Crippen molar-refractivity contribution in [3.63, 3.8) is 0 Å². The van der Waals surface area contributed by atoms with E-state index in [-0.39, 0.29) is 22.8 Å². The van der Waals surface area contributed by atoms with E-state index in [4.69, 9.17) is 16.3 Å². The fourth-order valence-electron chi connectivity index (χ4n) is 2.33. The van der Waals surface area contributed by atoms with Crippen LogP contribution < -0.4 is 10.6 Å². The van der Waals surface area contributed by atoms with Crippen molar-refractivity contribution in [1.82, 2.24) is 10.3 Å². The van der Waals surface area contributed by atoms with Crippen LogP contribution in [0.2, 0.25) is 5.02 Å². The van der Waals surface area contributed by atoms with Crippen LogP contribution in [0.25, 0.3) is 0 Å². The zero-order chi connectivity index (χ0) is 20.9. The van der Waals surface area contributed by atoms with Gasteiger partial charge in [0.05, 0.1) is 22.1 Å². The highest BCUT2D eigenvalue weighted by Gasteiger charge is 2.23. The maximum absolute atomic E-state index is 12.6. The minimum absolute atomic E-state index is 0.0721. The highest BCUT2D eigenvalue weighted by molar-refractivity contribution is 7.07. The van der Waals surface area contributed by atoms with E-state index >= 15 is 0 Å². The molecule has 0 aliphatic heterocycles. The van der Waals surface area contributed by atoms with E-state index in [2.05, 4.69) is 15.6 Å². The van der Waals surface area contributed by atoms with Gasteiger partial charge in [0, 0.05) is 11.8 Å². The fourth-order valence-corrected chi connectivity index (χ4v) is 3.09. The Hall–Kier alpha value is -2.45. The van der Waals surface area contributed by atoms with E-state index in [0.29, 0.717) is 11.4 Å². The number of rotatable bonds is 6. The number of ether oxygens (including phenoxy) is 1. The number of ketones is 1. The Balaban J connectivity index is 2.10. The molecule has 0 bridgehead atoms. The van der Waals surface area contributed by atoms with E-state index in [1.54, 1.807) is 56.8 Å². The van der Waals surface area contributed by atoms with Crippen molar-refractivity contribution >= 4 is 46.5 Å². The van der Waals surface area contributed by atoms with Gasteiger partial charge in [0.25, 0.3) is 5.91 Å². The Kier molecular flexibility index (Phi) is 7.15. The van der Waals surface area contributed by atoms with E-state index in [9.17, 15) is 14.4 Å². The van der Waals surface area contributed by atoms with Crippen LogP contribution >= 0.6 is 22.9 Å². The lowest BCUT2D eigenvalue weighted by Gasteiger charge is -2.21. The number of alkyl carbamates (subject to hydrolysis) is 1. The first-order chi connectivity index (χ1) is 13.1. The maximum atomic E-state index is 12.6. The molecule has 0 saturated carbocycles. The average molecular weight is 424 g/mol. The summed E-state index contributed by atoms with van der Waals surface area (Å²) in [5, 5.41) is 7.07. The van der Waals surface area contributed by atoms with Crippen LogP contribution in [-0.4, -0.2) is 34.4 Å². The smallest absolute Gasteiger partial charge is 0.408 e. The summed E-state index contributed by atoms with van der Waals surface area (Å²) in [4.78, 5) is 41.0. The van der Waals surface area contributed by atoms with Gasteiger partial charge < -0.3 is 15.4 Å². The highest BCUT2D eigenvalue weighted by atomic mass is 35.5. The number of amides is 2. The zero-order valence-corrected chi connectivity index (χ0v) is 17.6. The molecule has 2 amide bonds. The molecule has 28 heavy (non-hydrogen) atoms. The highest BCUT2D eigenvalue weighted by Crippen LogP contribution is 2.23. The third-order valence-electron chi connectivity index (χ3n) is 3.58. The molecule has 2 N–H and O–H groups in total. The van der Waals surface area contributed by atoms with Crippen LogP contribution in [0, 0.1) is 0 Å². The number of carbonyl (C=O) groups excluding carboxylic acids is 3. The molecule has 9 heteroatoms. The third kappa shape index (κ3) is 6.31. The van der Waals surface area contributed by atoms with Crippen molar-refractivity contribution in [3.05, 3.63) is 45.2 Å². The van der Waals surface area contributed by atoms with Gasteiger partial charge in [-0.05, 0) is 39.3 Å². The van der Waals surface area contributed by atoms with Crippen LogP contribution in [0.1, 0.15) is 43.6 Å². The molecule has 7 nitrogen and oxygen atoms in total. The second-order valence-corrected chi connectivity index (χ2v) is 8.24. The molecule has 0 saturated heterocycles. The van der Waals surface area contributed by atoms with Gasteiger partial charge in [0.1, 0.15) is 11.4 Å². The first-order valence-electron chi connectivity index (χ1n) is 8.56. The summed E-state index contributed by atoms with van der Waals surface area (Å²) in [5.74, 6) is -0.324. The second-order valence-electron chi connectivity index (χ2n) is 7.11. The van der Waals surface area contributed by atoms with E-state index < -0.39 is 23.6 Å². The first-order valence-corrected chi connectivity index (χ1v) is 9.88. The van der Waals surface area contributed by atoms with Crippen LogP contribution in [-0.2, 0) is 16.0 Å². The largest absolute Gasteiger partial charge is 0.444 e. The molecule has 1 unspecified atom stereocenters. The Labute approximate surface area is 172 Å². The number of hydrogen-bond acceptors (Lipinski definition) is 6. The zero-order valence-electron chi connectivity index (χ0n) is 16.0. The minimum Gasteiger partial charge on any atom is -0.444 e. The summed E-state index contributed by atoms with van der Waals surface area (Å²) in [6.07, 6.45) is -0.752. The molecular weight excluding hydrogens is 402 g/mol. The van der Waals surface area contributed by atoms with Crippen molar-refractivity contribution in [1.29, 1.82) is 0 Å². The molecular formula is C19H22ClN3O4S. The number of anilines is 1. The van der Waals surface area contributed by atoms with Gasteiger partial charge in [-0.2, -0.15) is 0 Å². The lowest BCUT2D eigenvalue weighted by Crippen LogP contribution is -2.42. The van der Waals surface area contributed by atoms with Gasteiger partial charge in [0.2, 0.25) is 0 Å². The third-order valence-corrected chi connectivity index (χ3v) is 4.48. The number of benzene rings is 1. The average Bonchev–Trinajstić information content (AvgIpc) is 3.05. The van der Waals surface area contributed by atoms with Gasteiger partial charge >= 0.3 is 6.09 Å². The van der Waals surface area contributed by atoms with Crippen molar-refractivity contribution in [2.45, 2.75) is 45.8 Å². The lowest BCUT2D eigenvalue weighted by atomic mass is 9.99. The van der Waals surface area contributed by atoms with Gasteiger partial charge in [-0.3, -0.25) is 9.59 Å². The molecule has 0 aliphatic rings. The fraction of sp³-hybridized carbons (Fsp3) is 0.368. The molecule has 0 spiro atoms. The summed E-state index contributed by atoms with van der Waals surface area (Å²) >= 11 is 7.55. The van der Waals surface area contributed by atoms with Crippen molar-refractivity contribution in [3.8, 4) is 0 Å². The van der Waals surface area contributed by atoms with Crippen LogP contribution in [0.15, 0.2) is 29.1 Å². The summed E-state index contributed by atoms with van der Waals surface area (Å²) in [6.45, 7) is 6.76. The Morgan fingerprint density at radius 3 is 2.61 bits per heavy atom. The lowest BCUT2D eigenvalue weighted by molar-refractivity contribution is -0.120. The standard InChI is InChI=1S/C19H22ClN3O4S/c1-11(22-18(26)27-19(2,3)4)14(24)8-12-6-5-7-13(20)16(12)17(25)23-15-9-28-10-21-15/h5-7,9-11H,8H2,1-4H3,(H,22,26)(H,23,25).